The Balaban J connectivity index is 1.58. The second-order valence-corrected chi connectivity index (χ2v) is 8.09. The number of likely N-dealkylation sites (tertiary alicyclic amines) is 1. The molecule has 2 aromatic carbocycles. The van der Waals surface area contributed by atoms with Crippen molar-refractivity contribution in [2.75, 3.05) is 31.5 Å². The smallest absolute Gasteiger partial charge is 0.322 e. The number of rotatable bonds is 6. The van der Waals surface area contributed by atoms with Crippen LogP contribution in [0.4, 0.5) is 14.9 Å². The Bertz CT molecular complexity index is 1140. The van der Waals surface area contributed by atoms with Crippen LogP contribution in [0.2, 0.25) is 0 Å². The van der Waals surface area contributed by atoms with Crippen LogP contribution in [0, 0.1) is 12.7 Å². The quantitative estimate of drug-likeness (QED) is 0.628. The summed E-state index contributed by atoms with van der Waals surface area (Å²) in [7, 11) is 0. The number of carbonyl (C=O) groups excluding carboxylic acids is 1. The fourth-order valence-corrected chi connectivity index (χ4v) is 3.97. The molecular weight excluding hydrogens is 395 g/mol. The van der Waals surface area contributed by atoms with Crippen LogP contribution in [0.3, 0.4) is 0 Å². The molecule has 0 atom stereocenters. The Morgan fingerprint density at radius 2 is 1.94 bits per heavy atom. The van der Waals surface area contributed by atoms with Crippen LogP contribution in [0.25, 0.3) is 10.9 Å². The minimum absolute atomic E-state index is 0.127. The van der Waals surface area contributed by atoms with E-state index in [2.05, 4.69) is 15.2 Å². The van der Waals surface area contributed by atoms with Gasteiger partial charge in [0.05, 0.1) is 12.2 Å². The lowest BCUT2D eigenvalue weighted by Gasteiger charge is -2.26. The zero-order chi connectivity index (χ0) is 21.8. The third-order valence-electron chi connectivity index (χ3n) is 5.73. The molecule has 31 heavy (non-hydrogen) atoms. The third-order valence-corrected chi connectivity index (χ3v) is 5.73. The number of H-pyrrole nitrogens is 1. The number of hydrogen-bond acceptors (Lipinski definition) is 3. The minimum atomic E-state index is -0.491. The largest absolute Gasteiger partial charge is 0.322 e. The van der Waals surface area contributed by atoms with Crippen LogP contribution in [-0.2, 0) is 6.54 Å². The maximum atomic E-state index is 14.1. The molecule has 4 rings (SSSR count). The number of fused-ring (bicyclic) bond motifs is 1. The van der Waals surface area contributed by atoms with E-state index in [1.165, 1.54) is 12.1 Å². The molecule has 2 heterocycles. The van der Waals surface area contributed by atoms with Gasteiger partial charge in [-0.2, -0.15) is 0 Å². The van der Waals surface area contributed by atoms with Crippen LogP contribution in [0.15, 0.2) is 53.3 Å². The average molecular weight is 423 g/mol. The van der Waals surface area contributed by atoms with Crippen molar-refractivity contribution in [3.8, 4) is 0 Å². The normalized spacial score (nSPS) is 14.1. The zero-order valence-electron chi connectivity index (χ0n) is 17.7. The third kappa shape index (κ3) is 5.11. The number of nitrogens with one attached hydrogen (secondary N) is 2. The number of amides is 2. The molecule has 0 spiro atoms. The molecule has 0 bridgehead atoms. The molecule has 0 unspecified atom stereocenters. The highest BCUT2D eigenvalue weighted by Gasteiger charge is 2.20. The van der Waals surface area contributed by atoms with Crippen LogP contribution >= 0.6 is 0 Å². The molecule has 6 nitrogen and oxygen atoms in total. The first kappa shape index (κ1) is 21.1. The van der Waals surface area contributed by atoms with Gasteiger partial charge in [0.25, 0.3) is 5.56 Å². The highest BCUT2D eigenvalue weighted by Crippen LogP contribution is 2.17. The van der Waals surface area contributed by atoms with Crippen molar-refractivity contribution < 1.29 is 9.18 Å². The van der Waals surface area contributed by atoms with Crippen molar-refractivity contribution in [1.82, 2.24) is 14.8 Å². The molecule has 7 heteroatoms. The number of nitrogens with zero attached hydrogens (tertiary/aromatic N) is 2. The molecule has 1 saturated heterocycles. The van der Waals surface area contributed by atoms with E-state index in [0.717, 1.165) is 48.9 Å². The number of pyridine rings is 1. The van der Waals surface area contributed by atoms with E-state index in [9.17, 15) is 14.0 Å². The zero-order valence-corrected chi connectivity index (χ0v) is 17.7. The lowest BCUT2D eigenvalue weighted by Crippen LogP contribution is -2.41. The number of hydrogen-bond donors (Lipinski definition) is 2. The number of aryl methyl sites for hydroxylation is 1. The van der Waals surface area contributed by atoms with Crippen molar-refractivity contribution in [3.05, 3.63) is 75.8 Å². The number of halogens is 1. The summed E-state index contributed by atoms with van der Waals surface area (Å²) in [4.78, 5) is 32.5. The van der Waals surface area contributed by atoms with Crippen LogP contribution in [0.1, 0.15) is 24.0 Å². The van der Waals surface area contributed by atoms with Gasteiger partial charge in [-0.05, 0) is 68.6 Å². The Labute approximate surface area is 180 Å². The Hall–Kier alpha value is -3.19. The summed E-state index contributed by atoms with van der Waals surface area (Å²) in [5.41, 5.74) is 2.26. The number of aromatic amines is 1. The van der Waals surface area contributed by atoms with Crippen molar-refractivity contribution >= 4 is 22.6 Å². The highest BCUT2D eigenvalue weighted by atomic mass is 19.1. The molecule has 1 aliphatic heterocycles. The lowest BCUT2D eigenvalue weighted by atomic mass is 10.1. The number of aromatic nitrogens is 1. The van der Waals surface area contributed by atoms with E-state index < -0.39 is 11.8 Å². The van der Waals surface area contributed by atoms with Crippen LogP contribution < -0.4 is 10.9 Å². The molecule has 1 fully saturated rings. The minimum Gasteiger partial charge on any atom is -0.322 e. The number of anilines is 1. The van der Waals surface area contributed by atoms with Gasteiger partial charge in [0.2, 0.25) is 0 Å². The average Bonchev–Trinajstić information content (AvgIpc) is 3.27. The van der Waals surface area contributed by atoms with Gasteiger partial charge in [-0.3, -0.25) is 4.79 Å². The summed E-state index contributed by atoms with van der Waals surface area (Å²) in [6, 6.07) is 13.3. The van der Waals surface area contributed by atoms with E-state index in [4.69, 9.17) is 0 Å². The number of para-hydroxylation sites is 1. The molecule has 2 N–H and O–H groups in total. The molecule has 1 aromatic heterocycles. The van der Waals surface area contributed by atoms with Crippen molar-refractivity contribution in [1.29, 1.82) is 0 Å². The maximum absolute atomic E-state index is 14.1. The van der Waals surface area contributed by atoms with Gasteiger partial charge < -0.3 is 20.1 Å². The summed E-state index contributed by atoms with van der Waals surface area (Å²) in [6.45, 7) is 5.33. The molecule has 2 amide bonds. The molecule has 162 valence electrons. The van der Waals surface area contributed by atoms with Gasteiger partial charge in [0.1, 0.15) is 5.82 Å². The van der Waals surface area contributed by atoms with Crippen molar-refractivity contribution in [2.24, 2.45) is 0 Å². The van der Waals surface area contributed by atoms with Gasteiger partial charge in [0, 0.05) is 24.2 Å². The highest BCUT2D eigenvalue weighted by molar-refractivity contribution is 5.89. The van der Waals surface area contributed by atoms with E-state index in [0.29, 0.717) is 12.1 Å². The molecule has 0 saturated carbocycles. The topological polar surface area (TPSA) is 68.4 Å². The summed E-state index contributed by atoms with van der Waals surface area (Å²) in [6.07, 6.45) is 2.32. The summed E-state index contributed by atoms with van der Waals surface area (Å²) < 4.78 is 14.1. The first-order valence-electron chi connectivity index (χ1n) is 10.6. The van der Waals surface area contributed by atoms with Gasteiger partial charge >= 0.3 is 6.03 Å². The standard InChI is InChI=1S/C24H27FN4O2/c1-17-8-9-21-18(14-17)15-19(23(30)26-21)16-29(13-12-28-10-4-5-11-28)24(31)27-22-7-3-2-6-20(22)25/h2-3,6-9,14-15H,4-5,10-13,16H2,1H3,(H,26,30)(H,27,31). The fraction of sp³-hybridized carbons (Fsp3) is 0.333. The van der Waals surface area contributed by atoms with E-state index >= 15 is 0 Å². The van der Waals surface area contributed by atoms with Gasteiger partial charge in [0.15, 0.2) is 0 Å². The predicted octanol–water partition coefficient (Wildman–Crippen LogP) is 4.11. The van der Waals surface area contributed by atoms with Gasteiger partial charge in [-0.15, -0.1) is 0 Å². The van der Waals surface area contributed by atoms with E-state index in [1.54, 1.807) is 17.0 Å². The van der Waals surface area contributed by atoms with E-state index in [1.807, 2.05) is 31.2 Å². The lowest BCUT2D eigenvalue weighted by molar-refractivity contribution is 0.197. The Morgan fingerprint density at radius 1 is 1.16 bits per heavy atom. The number of carbonyl (C=O) groups is 1. The molecule has 3 aromatic rings. The van der Waals surface area contributed by atoms with Gasteiger partial charge in [-0.25, -0.2) is 9.18 Å². The van der Waals surface area contributed by atoms with Gasteiger partial charge in [-0.1, -0.05) is 23.8 Å². The number of benzene rings is 2. The first-order valence-corrected chi connectivity index (χ1v) is 10.6. The van der Waals surface area contributed by atoms with E-state index in [-0.39, 0.29) is 17.8 Å². The Morgan fingerprint density at radius 3 is 2.71 bits per heavy atom. The molecular formula is C24H27FN4O2. The predicted molar refractivity (Wildman–Crippen MR) is 121 cm³/mol. The first-order chi connectivity index (χ1) is 15.0. The van der Waals surface area contributed by atoms with Crippen LogP contribution in [0.5, 0.6) is 0 Å². The summed E-state index contributed by atoms with van der Waals surface area (Å²) in [5, 5.41) is 3.57. The monoisotopic (exact) mass is 422 g/mol. The SMILES string of the molecule is Cc1ccc2[nH]c(=O)c(CN(CCN3CCCC3)C(=O)Nc3ccccc3F)cc2c1. The molecule has 0 radical (unpaired) electrons. The number of urea groups is 1. The summed E-state index contributed by atoms with van der Waals surface area (Å²) >= 11 is 0. The maximum Gasteiger partial charge on any atom is 0.322 e. The Kier molecular flexibility index (Phi) is 6.32. The van der Waals surface area contributed by atoms with Crippen molar-refractivity contribution in [2.45, 2.75) is 26.3 Å². The van der Waals surface area contributed by atoms with Crippen LogP contribution in [-0.4, -0.2) is 47.0 Å². The molecule has 0 aliphatic carbocycles. The second kappa shape index (κ2) is 9.31. The molecule has 1 aliphatic rings. The fourth-order valence-electron chi connectivity index (χ4n) is 3.97. The summed E-state index contributed by atoms with van der Waals surface area (Å²) in [5.74, 6) is -0.491. The van der Waals surface area contributed by atoms with Crippen molar-refractivity contribution in [3.63, 3.8) is 0 Å². The second-order valence-electron chi connectivity index (χ2n) is 8.09.